The first-order chi connectivity index (χ1) is 10.4. The molecule has 22 heavy (non-hydrogen) atoms. The molecule has 6 nitrogen and oxygen atoms in total. The van der Waals surface area contributed by atoms with Gasteiger partial charge in [-0.25, -0.2) is 0 Å². The Labute approximate surface area is 134 Å². The zero-order valence-corrected chi connectivity index (χ0v) is 13.5. The Morgan fingerprint density at radius 3 is 2.64 bits per heavy atom. The zero-order valence-electron chi connectivity index (χ0n) is 12.7. The summed E-state index contributed by atoms with van der Waals surface area (Å²) >= 11 is 5.99. The number of carbonyl (C=O) groups is 1. The monoisotopic (exact) mass is 325 g/mol. The Morgan fingerprint density at radius 2 is 2.05 bits per heavy atom. The predicted octanol–water partition coefficient (Wildman–Crippen LogP) is 3.45. The van der Waals surface area contributed by atoms with Crippen LogP contribution in [0, 0.1) is 10.1 Å². The second-order valence-corrected chi connectivity index (χ2v) is 6.18. The fourth-order valence-corrected chi connectivity index (χ4v) is 3.03. The van der Waals surface area contributed by atoms with E-state index in [0.29, 0.717) is 17.1 Å². The molecule has 0 aromatic heterocycles. The molecule has 1 saturated heterocycles. The number of halogens is 1. The number of likely N-dealkylation sites (tertiary alicyclic amines) is 1. The maximum atomic E-state index is 12.2. The second kappa shape index (κ2) is 7.07. The number of benzene rings is 1. The quantitative estimate of drug-likeness (QED) is 0.679. The molecular formula is C15H20ClN3O3. The van der Waals surface area contributed by atoms with E-state index in [2.05, 4.69) is 24.1 Å². The van der Waals surface area contributed by atoms with E-state index in [1.54, 1.807) is 0 Å². The van der Waals surface area contributed by atoms with Crippen LogP contribution < -0.4 is 5.32 Å². The smallest absolute Gasteiger partial charge is 0.271 e. The van der Waals surface area contributed by atoms with Crippen LogP contribution in [0.1, 0.15) is 33.1 Å². The van der Waals surface area contributed by atoms with Crippen LogP contribution in [0.3, 0.4) is 0 Å². The van der Waals surface area contributed by atoms with Crippen molar-refractivity contribution in [1.29, 1.82) is 0 Å². The van der Waals surface area contributed by atoms with Gasteiger partial charge in [0.25, 0.3) is 5.69 Å². The highest BCUT2D eigenvalue weighted by Gasteiger charge is 2.26. The van der Waals surface area contributed by atoms with Crippen molar-refractivity contribution in [3.8, 4) is 0 Å². The minimum Gasteiger partial charge on any atom is -0.323 e. The molecule has 0 aliphatic carbocycles. The lowest BCUT2D eigenvalue weighted by atomic mass is 9.97. The number of hydrogen-bond acceptors (Lipinski definition) is 4. The molecule has 0 spiro atoms. The number of piperidine rings is 1. The van der Waals surface area contributed by atoms with E-state index in [4.69, 9.17) is 11.6 Å². The summed E-state index contributed by atoms with van der Waals surface area (Å²) in [4.78, 5) is 24.7. The molecular weight excluding hydrogens is 306 g/mol. The molecule has 1 aromatic carbocycles. The van der Waals surface area contributed by atoms with Crippen LogP contribution in [0.15, 0.2) is 18.2 Å². The number of nitro benzene ring substituents is 1. The van der Waals surface area contributed by atoms with Gasteiger partial charge in [-0.1, -0.05) is 18.0 Å². The first-order valence-corrected chi connectivity index (χ1v) is 7.76. The van der Waals surface area contributed by atoms with Gasteiger partial charge in [-0.3, -0.25) is 19.8 Å². The molecule has 1 fully saturated rings. The maximum Gasteiger partial charge on any atom is 0.271 e. The Morgan fingerprint density at radius 1 is 1.41 bits per heavy atom. The highest BCUT2D eigenvalue weighted by atomic mass is 35.5. The van der Waals surface area contributed by atoms with Crippen LogP contribution in [0.2, 0.25) is 5.02 Å². The number of anilines is 1. The Bertz CT molecular complexity index is 569. The fourth-order valence-electron chi connectivity index (χ4n) is 2.86. The number of carbonyl (C=O) groups excluding carboxylic acids is 1. The minimum atomic E-state index is -0.513. The van der Waals surface area contributed by atoms with Crippen molar-refractivity contribution in [3.63, 3.8) is 0 Å². The number of nitrogens with one attached hydrogen (secondary N) is 1. The fraction of sp³-hybridized carbons (Fsp3) is 0.533. The van der Waals surface area contributed by atoms with Gasteiger partial charge < -0.3 is 5.32 Å². The molecule has 1 N–H and O–H groups in total. The Balaban J connectivity index is 2.05. The van der Waals surface area contributed by atoms with E-state index in [-0.39, 0.29) is 23.8 Å². The third-order valence-corrected chi connectivity index (χ3v) is 4.47. The normalized spacial score (nSPS) is 22.3. The lowest BCUT2D eigenvalue weighted by Crippen LogP contribution is -2.47. The number of nitrogens with zero attached hydrogens (tertiary/aromatic N) is 2. The molecule has 2 atom stereocenters. The van der Waals surface area contributed by atoms with Crippen molar-refractivity contribution in [3.05, 3.63) is 33.3 Å². The van der Waals surface area contributed by atoms with Crippen LogP contribution in [-0.4, -0.2) is 34.4 Å². The summed E-state index contributed by atoms with van der Waals surface area (Å²) in [6, 6.07) is 4.72. The third-order valence-electron chi connectivity index (χ3n) is 4.14. The van der Waals surface area contributed by atoms with E-state index in [1.165, 1.54) is 24.6 Å². The van der Waals surface area contributed by atoms with Crippen LogP contribution >= 0.6 is 11.6 Å². The number of nitro groups is 1. The van der Waals surface area contributed by atoms with Gasteiger partial charge in [0.15, 0.2) is 0 Å². The van der Waals surface area contributed by atoms with Gasteiger partial charge in [-0.15, -0.1) is 0 Å². The number of non-ortho nitro benzene ring substituents is 1. The average Bonchev–Trinajstić information content (AvgIpc) is 2.45. The van der Waals surface area contributed by atoms with Crippen molar-refractivity contribution in [2.24, 2.45) is 0 Å². The molecule has 0 bridgehead atoms. The number of hydrogen-bond donors (Lipinski definition) is 1. The Kier molecular flexibility index (Phi) is 5.37. The first-order valence-electron chi connectivity index (χ1n) is 7.38. The Hall–Kier alpha value is -1.66. The summed E-state index contributed by atoms with van der Waals surface area (Å²) in [5, 5.41) is 13.8. The topological polar surface area (TPSA) is 75.5 Å². The molecule has 1 aliphatic heterocycles. The van der Waals surface area contributed by atoms with E-state index in [9.17, 15) is 14.9 Å². The van der Waals surface area contributed by atoms with Gasteiger partial charge in [-0.2, -0.15) is 0 Å². The molecule has 2 unspecified atom stereocenters. The highest BCUT2D eigenvalue weighted by Crippen LogP contribution is 2.27. The molecule has 0 saturated carbocycles. The van der Waals surface area contributed by atoms with E-state index in [1.807, 2.05) is 0 Å². The summed E-state index contributed by atoms with van der Waals surface area (Å²) < 4.78 is 0. The lowest BCUT2D eigenvalue weighted by Gasteiger charge is -2.38. The molecule has 120 valence electrons. The van der Waals surface area contributed by atoms with Crippen LogP contribution in [0.4, 0.5) is 11.4 Å². The lowest BCUT2D eigenvalue weighted by molar-refractivity contribution is -0.384. The van der Waals surface area contributed by atoms with Crippen molar-refractivity contribution in [2.75, 3.05) is 11.9 Å². The van der Waals surface area contributed by atoms with Gasteiger partial charge >= 0.3 is 0 Å². The highest BCUT2D eigenvalue weighted by molar-refractivity contribution is 6.33. The zero-order chi connectivity index (χ0) is 16.3. The number of amides is 1. The van der Waals surface area contributed by atoms with Crippen molar-refractivity contribution in [2.45, 2.75) is 45.2 Å². The second-order valence-electron chi connectivity index (χ2n) is 5.77. The molecule has 1 aromatic rings. The molecule has 1 heterocycles. The summed E-state index contributed by atoms with van der Waals surface area (Å²) in [5.41, 5.74) is 0.178. The summed E-state index contributed by atoms with van der Waals surface area (Å²) in [6.07, 6.45) is 3.33. The molecule has 7 heteroatoms. The van der Waals surface area contributed by atoms with Crippen molar-refractivity contribution >= 4 is 28.9 Å². The van der Waals surface area contributed by atoms with Gasteiger partial charge in [0.05, 0.1) is 22.2 Å². The molecule has 2 rings (SSSR count). The van der Waals surface area contributed by atoms with Crippen LogP contribution in [0.5, 0.6) is 0 Å². The van der Waals surface area contributed by atoms with Gasteiger partial charge in [0.1, 0.15) is 0 Å². The maximum absolute atomic E-state index is 12.2. The summed E-state index contributed by atoms with van der Waals surface area (Å²) in [7, 11) is 0. The van der Waals surface area contributed by atoms with Crippen molar-refractivity contribution < 1.29 is 9.72 Å². The number of rotatable bonds is 4. The van der Waals surface area contributed by atoms with Crippen LogP contribution in [-0.2, 0) is 4.79 Å². The van der Waals surface area contributed by atoms with Gasteiger partial charge in [-0.05, 0) is 32.8 Å². The molecule has 1 aliphatic rings. The third kappa shape index (κ3) is 3.96. The minimum absolute atomic E-state index is 0.0978. The average molecular weight is 326 g/mol. The van der Waals surface area contributed by atoms with Crippen LogP contribution in [0.25, 0.3) is 0 Å². The van der Waals surface area contributed by atoms with Gasteiger partial charge in [0, 0.05) is 24.2 Å². The van der Waals surface area contributed by atoms with E-state index in [0.717, 1.165) is 12.8 Å². The SMILES string of the molecule is CC1CCCC(C)N1CC(=O)Nc1cc([N+](=O)[O-])ccc1Cl. The van der Waals surface area contributed by atoms with E-state index < -0.39 is 4.92 Å². The molecule has 1 amide bonds. The largest absolute Gasteiger partial charge is 0.323 e. The summed E-state index contributed by atoms with van der Waals surface area (Å²) in [6.45, 7) is 4.49. The van der Waals surface area contributed by atoms with E-state index >= 15 is 0 Å². The van der Waals surface area contributed by atoms with Crippen molar-refractivity contribution in [1.82, 2.24) is 4.90 Å². The predicted molar refractivity (Wildman–Crippen MR) is 86.2 cm³/mol. The molecule has 0 radical (unpaired) electrons. The summed E-state index contributed by atoms with van der Waals surface area (Å²) in [5.74, 6) is -0.206. The van der Waals surface area contributed by atoms with Gasteiger partial charge in [0.2, 0.25) is 5.91 Å². The standard InChI is InChI=1S/C15H20ClN3O3/c1-10-4-3-5-11(2)18(10)9-15(20)17-14-8-12(19(21)22)6-7-13(14)16/h6-8,10-11H,3-5,9H2,1-2H3,(H,17,20). The first kappa shape index (κ1) is 16.7.